The van der Waals surface area contributed by atoms with Crippen LogP contribution >= 0.6 is 0 Å². The maximum absolute atomic E-state index is 12.6. The summed E-state index contributed by atoms with van der Waals surface area (Å²) >= 11 is 0. The van der Waals surface area contributed by atoms with Crippen molar-refractivity contribution < 1.29 is 4.79 Å². The minimum atomic E-state index is -0.209. The van der Waals surface area contributed by atoms with E-state index in [4.69, 9.17) is 0 Å². The average Bonchev–Trinajstić information content (AvgIpc) is 2.72. The van der Waals surface area contributed by atoms with Crippen molar-refractivity contribution in [2.75, 3.05) is 18.0 Å². The van der Waals surface area contributed by atoms with Crippen LogP contribution in [0.3, 0.4) is 0 Å². The van der Waals surface area contributed by atoms with E-state index in [-0.39, 0.29) is 17.4 Å². The van der Waals surface area contributed by atoms with Gasteiger partial charge >= 0.3 is 0 Å². The Morgan fingerprint density at radius 1 is 1.15 bits per heavy atom. The van der Waals surface area contributed by atoms with E-state index in [1.54, 1.807) is 0 Å². The minimum Gasteiger partial charge on any atom is -0.352 e. The lowest BCUT2D eigenvalue weighted by Crippen LogP contribution is -2.44. The van der Waals surface area contributed by atoms with Crippen molar-refractivity contribution >= 4 is 22.8 Å². The highest BCUT2D eigenvalue weighted by atomic mass is 16.2. The van der Waals surface area contributed by atoms with Gasteiger partial charge < -0.3 is 15.2 Å². The molecule has 0 unspecified atom stereocenters. The third-order valence-electron chi connectivity index (χ3n) is 4.98. The molecule has 1 aliphatic rings. The second-order valence-corrected chi connectivity index (χ2v) is 6.90. The number of aromatic nitrogens is 2. The van der Waals surface area contributed by atoms with Crippen LogP contribution in [0.1, 0.15) is 18.4 Å². The molecule has 2 aromatic carbocycles. The molecule has 0 bridgehead atoms. The fraction of sp³-hybridized carbons (Fsp3) is 0.286. The number of nitrogens with one attached hydrogen (secondary N) is 2. The molecule has 6 heteroatoms. The summed E-state index contributed by atoms with van der Waals surface area (Å²) < 4.78 is 0. The Bertz CT molecular complexity index is 1000. The number of nitrogens with zero attached hydrogens (tertiary/aromatic N) is 2. The van der Waals surface area contributed by atoms with E-state index in [1.165, 1.54) is 0 Å². The van der Waals surface area contributed by atoms with Crippen molar-refractivity contribution in [2.45, 2.75) is 19.4 Å². The first-order chi connectivity index (χ1) is 13.2. The first kappa shape index (κ1) is 17.3. The Hall–Kier alpha value is -3.15. The van der Waals surface area contributed by atoms with Gasteiger partial charge in [-0.25, -0.2) is 4.98 Å². The third-order valence-corrected chi connectivity index (χ3v) is 4.98. The van der Waals surface area contributed by atoms with Crippen LogP contribution in [0.15, 0.2) is 59.4 Å². The molecule has 27 heavy (non-hydrogen) atoms. The predicted octanol–water partition coefficient (Wildman–Crippen LogP) is 2.46. The van der Waals surface area contributed by atoms with Crippen LogP contribution in [0.25, 0.3) is 11.0 Å². The number of hydrogen-bond donors (Lipinski definition) is 2. The molecule has 1 aliphatic heterocycles. The molecule has 2 heterocycles. The largest absolute Gasteiger partial charge is 0.352 e. The van der Waals surface area contributed by atoms with Crippen LogP contribution < -0.4 is 15.8 Å². The lowest BCUT2D eigenvalue weighted by molar-refractivity contribution is -0.125. The molecule has 1 atom stereocenters. The van der Waals surface area contributed by atoms with Crippen molar-refractivity contribution in [3.63, 3.8) is 0 Å². The van der Waals surface area contributed by atoms with Gasteiger partial charge in [0, 0.05) is 19.6 Å². The number of hydrogen-bond acceptors (Lipinski definition) is 4. The summed E-state index contributed by atoms with van der Waals surface area (Å²) in [6, 6.07) is 17.3. The van der Waals surface area contributed by atoms with Crippen molar-refractivity contribution in [1.29, 1.82) is 0 Å². The first-order valence-corrected chi connectivity index (χ1v) is 9.26. The third kappa shape index (κ3) is 3.84. The number of fused-ring (bicyclic) bond motifs is 1. The SMILES string of the molecule is O=C(NCc1ccccc1)[C@@H]1CCCN(c2nc3ccccc3[nH]c2=O)C1. The summed E-state index contributed by atoms with van der Waals surface area (Å²) in [5.41, 5.74) is 2.34. The van der Waals surface area contributed by atoms with Gasteiger partial charge in [0.1, 0.15) is 0 Å². The van der Waals surface area contributed by atoms with Crippen molar-refractivity contribution in [3.8, 4) is 0 Å². The van der Waals surface area contributed by atoms with E-state index < -0.39 is 0 Å². The molecule has 0 radical (unpaired) electrons. The Morgan fingerprint density at radius 3 is 2.78 bits per heavy atom. The molecule has 1 saturated heterocycles. The first-order valence-electron chi connectivity index (χ1n) is 9.26. The standard InChI is InChI=1S/C21H22N4O2/c26-20(22-13-15-7-2-1-3-8-15)16-9-6-12-25(14-16)19-21(27)24-18-11-5-4-10-17(18)23-19/h1-5,7-8,10-11,16H,6,9,12-14H2,(H,22,26)(H,24,27)/t16-/m1/s1. The number of anilines is 1. The summed E-state index contributed by atoms with van der Waals surface area (Å²) in [5.74, 6) is 0.283. The Morgan fingerprint density at radius 2 is 1.93 bits per heavy atom. The second kappa shape index (κ2) is 7.61. The summed E-state index contributed by atoms with van der Waals surface area (Å²) in [5, 5.41) is 3.01. The monoisotopic (exact) mass is 362 g/mol. The summed E-state index contributed by atoms with van der Waals surface area (Å²) in [6.45, 7) is 1.76. The minimum absolute atomic E-state index is 0.0285. The van der Waals surface area contributed by atoms with Gasteiger partial charge in [-0.1, -0.05) is 42.5 Å². The zero-order chi connectivity index (χ0) is 18.6. The van der Waals surface area contributed by atoms with E-state index in [1.807, 2.05) is 59.5 Å². The molecule has 3 aromatic rings. The number of H-pyrrole nitrogens is 1. The lowest BCUT2D eigenvalue weighted by Gasteiger charge is -2.32. The van der Waals surface area contributed by atoms with Gasteiger partial charge in [0.05, 0.1) is 17.0 Å². The van der Waals surface area contributed by atoms with Gasteiger partial charge in [-0.3, -0.25) is 9.59 Å². The number of aromatic amines is 1. The Balaban J connectivity index is 1.47. The molecule has 6 nitrogen and oxygen atoms in total. The fourth-order valence-corrected chi connectivity index (χ4v) is 3.55. The molecule has 1 fully saturated rings. The molecule has 1 aromatic heterocycles. The number of amides is 1. The highest BCUT2D eigenvalue weighted by molar-refractivity contribution is 5.80. The number of carbonyl (C=O) groups is 1. The van der Waals surface area contributed by atoms with Gasteiger partial charge in [0.2, 0.25) is 5.91 Å². The quantitative estimate of drug-likeness (QED) is 0.747. The van der Waals surface area contributed by atoms with Crippen LogP contribution in [0.5, 0.6) is 0 Å². The molecule has 0 spiro atoms. The topological polar surface area (TPSA) is 78.1 Å². The van der Waals surface area contributed by atoms with E-state index in [9.17, 15) is 9.59 Å². The number of rotatable bonds is 4. The predicted molar refractivity (Wildman–Crippen MR) is 106 cm³/mol. The smallest absolute Gasteiger partial charge is 0.291 e. The van der Waals surface area contributed by atoms with Crippen molar-refractivity contribution in [2.24, 2.45) is 5.92 Å². The van der Waals surface area contributed by atoms with Gasteiger partial charge in [-0.15, -0.1) is 0 Å². The van der Waals surface area contributed by atoms with Crippen LogP contribution in [0.2, 0.25) is 0 Å². The number of piperidine rings is 1. The van der Waals surface area contributed by atoms with Gasteiger partial charge in [0.15, 0.2) is 5.82 Å². The van der Waals surface area contributed by atoms with E-state index >= 15 is 0 Å². The molecule has 138 valence electrons. The summed E-state index contributed by atoms with van der Waals surface area (Å²) in [6.07, 6.45) is 1.68. The zero-order valence-corrected chi connectivity index (χ0v) is 15.0. The molecular formula is C21H22N4O2. The Labute approximate surface area is 157 Å². The Kier molecular flexibility index (Phi) is 4.87. The van der Waals surface area contributed by atoms with Crippen LogP contribution in [0, 0.1) is 5.92 Å². The second-order valence-electron chi connectivity index (χ2n) is 6.90. The van der Waals surface area contributed by atoms with Gasteiger partial charge in [-0.05, 0) is 30.5 Å². The van der Waals surface area contributed by atoms with Gasteiger partial charge in [-0.2, -0.15) is 0 Å². The van der Waals surface area contributed by atoms with Crippen molar-refractivity contribution in [3.05, 3.63) is 70.5 Å². The highest BCUT2D eigenvalue weighted by Gasteiger charge is 2.27. The lowest BCUT2D eigenvalue weighted by atomic mass is 9.97. The summed E-state index contributed by atoms with van der Waals surface area (Å²) in [4.78, 5) is 34.4. The van der Waals surface area contributed by atoms with Crippen LogP contribution in [-0.4, -0.2) is 29.0 Å². The fourth-order valence-electron chi connectivity index (χ4n) is 3.55. The number of carbonyl (C=O) groups excluding carboxylic acids is 1. The number of para-hydroxylation sites is 2. The summed E-state index contributed by atoms with van der Waals surface area (Å²) in [7, 11) is 0. The van der Waals surface area contributed by atoms with E-state index in [0.717, 1.165) is 36.0 Å². The molecule has 1 amide bonds. The normalized spacial score (nSPS) is 17.0. The molecule has 0 aliphatic carbocycles. The maximum Gasteiger partial charge on any atom is 0.291 e. The molecule has 4 rings (SSSR count). The molecule has 0 saturated carbocycles. The van der Waals surface area contributed by atoms with Crippen LogP contribution in [0.4, 0.5) is 5.82 Å². The highest BCUT2D eigenvalue weighted by Crippen LogP contribution is 2.21. The van der Waals surface area contributed by atoms with Crippen molar-refractivity contribution in [1.82, 2.24) is 15.3 Å². The molecule has 2 N–H and O–H groups in total. The average molecular weight is 362 g/mol. The van der Waals surface area contributed by atoms with E-state index in [0.29, 0.717) is 18.9 Å². The van der Waals surface area contributed by atoms with Gasteiger partial charge in [0.25, 0.3) is 5.56 Å². The maximum atomic E-state index is 12.6. The number of benzene rings is 2. The molecular weight excluding hydrogens is 340 g/mol. The zero-order valence-electron chi connectivity index (χ0n) is 15.0. The van der Waals surface area contributed by atoms with E-state index in [2.05, 4.69) is 15.3 Å². The van der Waals surface area contributed by atoms with Crippen LogP contribution in [-0.2, 0) is 11.3 Å².